The third-order valence-corrected chi connectivity index (χ3v) is 5.27. The molecule has 0 aromatic heterocycles. The van der Waals surface area contributed by atoms with E-state index in [-0.39, 0.29) is 18.5 Å². The number of carbonyl (C=O) groups excluding carboxylic acids is 1. The van der Waals surface area contributed by atoms with Gasteiger partial charge in [-0.25, -0.2) is 13.8 Å². The van der Waals surface area contributed by atoms with Crippen LogP contribution >= 0.6 is 0 Å². The third-order valence-electron chi connectivity index (χ3n) is 3.64. The highest BCUT2D eigenvalue weighted by molar-refractivity contribution is 7.93. The average molecular weight is 326 g/mol. The Morgan fingerprint density at radius 2 is 2.05 bits per heavy atom. The number of hydrogen-bond acceptors (Lipinski definition) is 5. The second kappa shape index (κ2) is 7.08. The zero-order chi connectivity index (χ0) is 16.2. The van der Waals surface area contributed by atoms with Crippen LogP contribution < -0.4 is 20.9 Å². The average Bonchev–Trinajstić information content (AvgIpc) is 2.98. The molecule has 3 atom stereocenters. The van der Waals surface area contributed by atoms with Crippen molar-refractivity contribution in [3.05, 3.63) is 30.3 Å². The first-order chi connectivity index (χ1) is 10.4. The van der Waals surface area contributed by atoms with Crippen molar-refractivity contribution >= 4 is 21.6 Å². The molecule has 1 aromatic rings. The van der Waals surface area contributed by atoms with Crippen molar-refractivity contribution in [2.45, 2.75) is 31.7 Å². The predicted molar refractivity (Wildman–Crippen MR) is 85.3 cm³/mol. The van der Waals surface area contributed by atoms with E-state index in [0.29, 0.717) is 5.69 Å². The summed E-state index contributed by atoms with van der Waals surface area (Å²) in [5, 5.41) is 1.81. The van der Waals surface area contributed by atoms with Gasteiger partial charge in [0, 0.05) is 18.3 Å². The SMILES string of the molecule is CCC(C)NC(=O)C1CNNC1S(=O)(=O)Nc1ccccc1. The van der Waals surface area contributed by atoms with Crippen molar-refractivity contribution < 1.29 is 13.2 Å². The second-order valence-electron chi connectivity index (χ2n) is 5.38. The molecule has 1 aliphatic rings. The fourth-order valence-electron chi connectivity index (χ4n) is 2.19. The van der Waals surface area contributed by atoms with Crippen LogP contribution in [0, 0.1) is 5.92 Å². The minimum absolute atomic E-state index is 0.0125. The van der Waals surface area contributed by atoms with Crippen LogP contribution in [0.3, 0.4) is 0 Å². The van der Waals surface area contributed by atoms with Gasteiger partial charge in [0.1, 0.15) is 0 Å². The molecule has 1 saturated heterocycles. The molecule has 3 unspecified atom stereocenters. The van der Waals surface area contributed by atoms with Crippen LogP contribution in [0.1, 0.15) is 20.3 Å². The Bertz CT molecular complexity index is 606. The number of para-hydroxylation sites is 1. The Balaban J connectivity index is 2.10. The lowest BCUT2D eigenvalue weighted by Gasteiger charge is -2.21. The van der Waals surface area contributed by atoms with Crippen molar-refractivity contribution in [3.63, 3.8) is 0 Å². The van der Waals surface area contributed by atoms with Crippen LogP contribution in [0.2, 0.25) is 0 Å². The summed E-state index contributed by atoms with van der Waals surface area (Å²) in [6.45, 7) is 4.11. The molecule has 0 saturated carbocycles. The van der Waals surface area contributed by atoms with Crippen molar-refractivity contribution in [2.75, 3.05) is 11.3 Å². The highest BCUT2D eigenvalue weighted by Crippen LogP contribution is 2.18. The minimum atomic E-state index is -3.73. The Kier molecular flexibility index (Phi) is 5.38. The summed E-state index contributed by atoms with van der Waals surface area (Å²) >= 11 is 0. The Morgan fingerprint density at radius 1 is 1.36 bits per heavy atom. The van der Waals surface area contributed by atoms with Gasteiger partial charge in [-0.1, -0.05) is 25.1 Å². The van der Waals surface area contributed by atoms with Crippen molar-refractivity contribution in [2.24, 2.45) is 5.92 Å². The minimum Gasteiger partial charge on any atom is -0.353 e. The molecule has 0 bridgehead atoms. The summed E-state index contributed by atoms with van der Waals surface area (Å²) in [4.78, 5) is 12.2. The highest BCUT2D eigenvalue weighted by atomic mass is 32.2. The summed E-state index contributed by atoms with van der Waals surface area (Å²) in [6, 6.07) is 8.62. The van der Waals surface area contributed by atoms with Crippen LogP contribution in [0.5, 0.6) is 0 Å². The number of benzene rings is 1. The number of amides is 1. The van der Waals surface area contributed by atoms with Gasteiger partial charge in [0.05, 0.1) is 5.92 Å². The number of rotatable bonds is 6. The third kappa shape index (κ3) is 3.96. The van der Waals surface area contributed by atoms with Crippen LogP contribution in [0.15, 0.2) is 30.3 Å². The van der Waals surface area contributed by atoms with Crippen LogP contribution in [-0.2, 0) is 14.8 Å². The molecule has 1 aliphatic heterocycles. The lowest BCUT2D eigenvalue weighted by molar-refractivity contribution is -0.125. The van der Waals surface area contributed by atoms with Gasteiger partial charge in [0.25, 0.3) is 10.0 Å². The highest BCUT2D eigenvalue weighted by Gasteiger charge is 2.42. The lowest BCUT2D eigenvalue weighted by Crippen LogP contribution is -2.47. The molecule has 4 N–H and O–H groups in total. The van der Waals surface area contributed by atoms with E-state index < -0.39 is 21.3 Å². The van der Waals surface area contributed by atoms with E-state index in [1.54, 1.807) is 30.3 Å². The van der Waals surface area contributed by atoms with Gasteiger partial charge in [0.2, 0.25) is 5.91 Å². The maximum Gasteiger partial charge on any atom is 0.250 e. The number of hydrogen-bond donors (Lipinski definition) is 4. The molecular formula is C14H22N4O3S. The molecule has 1 fully saturated rings. The maximum absolute atomic E-state index is 12.5. The van der Waals surface area contributed by atoms with E-state index in [4.69, 9.17) is 0 Å². The molecule has 1 amide bonds. The quantitative estimate of drug-likeness (QED) is 0.606. The largest absolute Gasteiger partial charge is 0.353 e. The van der Waals surface area contributed by atoms with E-state index in [0.717, 1.165) is 6.42 Å². The molecule has 1 heterocycles. The van der Waals surface area contributed by atoms with Gasteiger partial charge < -0.3 is 5.32 Å². The maximum atomic E-state index is 12.5. The van der Waals surface area contributed by atoms with Crippen molar-refractivity contribution in [1.82, 2.24) is 16.2 Å². The first-order valence-electron chi connectivity index (χ1n) is 7.29. The Hall–Kier alpha value is -1.64. The molecule has 2 rings (SSSR count). The zero-order valence-corrected chi connectivity index (χ0v) is 13.5. The van der Waals surface area contributed by atoms with Crippen LogP contribution in [0.25, 0.3) is 0 Å². The normalized spacial score (nSPS) is 23.0. The first kappa shape index (κ1) is 16.7. The molecule has 0 aliphatic carbocycles. The van der Waals surface area contributed by atoms with Crippen LogP contribution in [0.4, 0.5) is 5.69 Å². The predicted octanol–water partition coefficient (Wildman–Crippen LogP) is 0.393. The van der Waals surface area contributed by atoms with Crippen molar-refractivity contribution in [3.8, 4) is 0 Å². The summed E-state index contributed by atoms with van der Waals surface area (Å²) in [6.07, 6.45) is 0.791. The van der Waals surface area contributed by atoms with E-state index in [9.17, 15) is 13.2 Å². The molecular weight excluding hydrogens is 304 g/mol. The molecule has 0 radical (unpaired) electrons. The topological polar surface area (TPSA) is 99.3 Å². The number of nitrogens with one attached hydrogen (secondary N) is 4. The molecule has 122 valence electrons. The second-order valence-corrected chi connectivity index (χ2v) is 7.19. The zero-order valence-electron chi connectivity index (χ0n) is 12.7. The lowest BCUT2D eigenvalue weighted by atomic mass is 10.1. The number of carbonyl (C=O) groups is 1. The molecule has 7 nitrogen and oxygen atoms in total. The standard InChI is InChI=1S/C14H22N4O3S/c1-3-10(2)16-13(19)12-9-15-17-14(12)22(20,21)18-11-7-5-4-6-8-11/h4-8,10,12,14-15,17-18H,3,9H2,1-2H3,(H,16,19). The fraction of sp³-hybridized carbons (Fsp3) is 0.500. The van der Waals surface area contributed by atoms with E-state index in [1.165, 1.54) is 0 Å². The van der Waals surface area contributed by atoms with E-state index in [2.05, 4.69) is 20.9 Å². The van der Waals surface area contributed by atoms with Gasteiger partial charge in [-0.15, -0.1) is 0 Å². The number of anilines is 1. The molecule has 22 heavy (non-hydrogen) atoms. The smallest absolute Gasteiger partial charge is 0.250 e. The van der Waals surface area contributed by atoms with Gasteiger partial charge in [-0.05, 0) is 25.5 Å². The Labute approximate surface area is 130 Å². The van der Waals surface area contributed by atoms with Crippen LogP contribution in [-0.4, -0.2) is 32.3 Å². The summed E-state index contributed by atoms with van der Waals surface area (Å²) in [5.74, 6) is -0.953. The summed E-state index contributed by atoms with van der Waals surface area (Å²) < 4.78 is 27.5. The number of hydrazine groups is 1. The van der Waals surface area contributed by atoms with Gasteiger partial charge in [0.15, 0.2) is 5.37 Å². The monoisotopic (exact) mass is 326 g/mol. The van der Waals surface area contributed by atoms with Crippen molar-refractivity contribution in [1.29, 1.82) is 0 Å². The summed E-state index contributed by atoms with van der Waals surface area (Å²) in [5.41, 5.74) is 5.90. The molecule has 0 spiro atoms. The molecule has 8 heteroatoms. The fourth-order valence-corrected chi connectivity index (χ4v) is 3.67. The Morgan fingerprint density at radius 3 is 2.68 bits per heavy atom. The number of sulfonamides is 1. The molecule has 1 aromatic carbocycles. The first-order valence-corrected chi connectivity index (χ1v) is 8.84. The summed E-state index contributed by atoms with van der Waals surface area (Å²) in [7, 11) is -3.73. The van der Waals surface area contributed by atoms with E-state index in [1.807, 2.05) is 13.8 Å². The van der Waals surface area contributed by atoms with Gasteiger partial charge in [-0.2, -0.15) is 0 Å². The van der Waals surface area contributed by atoms with E-state index >= 15 is 0 Å². The van der Waals surface area contributed by atoms with Gasteiger partial charge >= 0.3 is 0 Å². The van der Waals surface area contributed by atoms with Gasteiger partial charge in [-0.3, -0.25) is 14.9 Å².